The van der Waals surface area contributed by atoms with Crippen LogP contribution in [-0.4, -0.2) is 17.1 Å². The fourth-order valence-corrected chi connectivity index (χ4v) is 4.03. The molecule has 5 heteroatoms. The number of aryl methyl sites for hydroxylation is 2. The standard InChI is InChI=1S/C23H24N2O3/c1-3-28-16-11-12-21-18(13-16)22(26)19(14-25(21)2)23(27)24-20-10-6-8-15-7-4-5-9-17(15)20/h4-5,7,9,11-14,20H,3,6,8,10H2,1-2H3,(H,24,27). The van der Waals surface area contributed by atoms with Gasteiger partial charge in [-0.25, -0.2) is 0 Å². The summed E-state index contributed by atoms with van der Waals surface area (Å²) in [5, 5.41) is 3.57. The number of benzene rings is 2. The molecule has 1 unspecified atom stereocenters. The molecule has 144 valence electrons. The zero-order chi connectivity index (χ0) is 19.7. The van der Waals surface area contributed by atoms with Crippen molar-refractivity contribution in [3.63, 3.8) is 0 Å². The first-order valence-electron chi connectivity index (χ1n) is 9.73. The van der Waals surface area contributed by atoms with Crippen LogP contribution in [0.3, 0.4) is 0 Å². The van der Waals surface area contributed by atoms with Gasteiger partial charge in [-0.15, -0.1) is 0 Å². The maximum Gasteiger partial charge on any atom is 0.257 e. The highest BCUT2D eigenvalue weighted by atomic mass is 16.5. The van der Waals surface area contributed by atoms with Crippen LogP contribution in [-0.2, 0) is 13.5 Å². The Morgan fingerprint density at radius 1 is 1.25 bits per heavy atom. The maximum atomic E-state index is 13.0. The van der Waals surface area contributed by atoms with Gasteiger partial charge < -0.3 is 14.6 Å². The van der Waals surface area contributed by atoms with Gasteiger partial charge in [0.05, 0.1) is 23.6 Å². The lowest BCUT2D eigenvalue weighted by atomic mass is 9.87. The van der Waals surface area contributed by atoms with Crippen molar-refractivity contribution in [2.75, 3.05) is 6.61 Å². The molecule has 3 aromatic rings. The molecule has 1 aromatic heterocycles. The zero-order valence-electron chi connectivity index (χ0n) is 16.2. The predicted octanol–water partition coefficient (Wildman–Crippen LogP) is 3.74. The molecule has 0 fully saturated rings. The Kier molecular flexibility index (Phi) is 4.90. The van der Waals surface area contributed by atoms with Crippen LogP contribution in [0.5, 0.6) is 5.75 Å². The van der Waals surface area contributed by atoms with Gasteiger partial charge in [-0.1, -0.05) is 24.3 Å². The third kappa shape index (κ3) is 3.28. The normalized spacial score (nSPS) is 15.9. The van der Waals surface area contributed by atoms with Crippen LogP contribution in [0, 0.1) is 0 Å². The summed E-state index contributed by atoms with van der Waals surface area (Å²) < 4.78 is 7.34. The molecule has 0 saturated carbocycles. The van der Waals surface area contributed by atoms with Crippen LogP contribution < -0.4 is 15.5 Å². The molecule has 0 spiro atoms. The predicted molar refractivity (Wildman–Crippen MR) is 110 cm³/mol. The fraction of sp³-hybridized carbons (Fsp3) is 0.304. The third-order valence-electron chi connectivity index (χ3n) is 5.39. The lowest BCUT2D eigenvalue weighted by Crippen LogP contribution is -2.34. The second kappa shape index (κ2) is 7.50. The summed E-state index contributed by atoms with van der Waals surface area (Å²) in [6, 6.07) is 13.5. The summed E-state index contributed by atoms with van der Waals surface area (Å²) in [5.74, 6) is 0.303. The number of carbonyl (C=O) groups excluding carboxylic acids is 1. The van der Waals surface area contributed by atoms with E-state index in [9.17, 15) is 9.59 Å². The van der Waals surface area contributed by atoms with Crippen molar-refractivity contribution in [1.29, 1.82) is 0 Å². The second-order valence-electron chi connectivity index (χ2n) is 7.21. The first-order valence-corrected chi connectivity index (χ1v) is 9.73. The summed E-state index contributed by atoms with van der Waals surface area (Å²) in [6.45, 7) is 2.42. The van der Waals surface area contributed by atoms with Crippen LogP contribution in [0.2, 0.25) is 0 Å². The van der Waals surface area contributed by atoms with E-state index in [1.54, 1.807) is 12.3 Å². The van der Waals surface area contributed by atoms with E-state index < -0.39 is 0 Å². The molecule has 0 saturated heterocycles. The molecule has 0 radical (unpaired) electrons. The van der Waals surface area contributed by atoms with E-state index in [-0.39, 0.29) is 22.9 Å². The van der Waals surface area contributed by atoms with Gasteiger partial charge in [0, 0.05) is 13.2 Å². The molecule has 1 aliphatic carbocycles. The molecule has 4 rings (SSSR count). The van der Waals surface area contributed by atoms with Gasteiger partial charge in [-0.3, -0.25) is 9.59 Å². The quantitative estimate of drug-likeness (QED) is 0.754. The number of ether oxygens (including phenoxy) is 1. The van der Waals surface area contributed by atoms with Crippen LogP contribution in [0.25, 0.3) is 10.9 Å². The molecule has 1 atom stereocenters. The number of amides is 1. The first kappa shape index (κ1) is 18.3. The number of fused-ring (bicyclic) bond motifs is 2. The minimum absolute atomic E-state index is 0.0624. The summed E-state index contributed by atoms with van der Waals surface area (Å²) in [5.41, 5.74) is 3.08. The second-order valence-corrected chi connectivity index (χ2v) is 7.21. The summed E-state index contributed by atoms with van der Waals surface area (Å²) in [7, 11) is 1.84. The Hall–Kier alpha value is -3.08. The monoisotopic (exact) mass is 376 g/mol. The summed E-state index contributed by atoms with van der Waals surface area (Å²) in [6.07, 6.45) is 4.55. The molecule has 0 aliphatic heterocycles. The Bertz CT molecular complexity index is 1100. The van der Waals surface area contributed by atoms with Crippen LogP contribution in [0.1, 0.15) is 47.3 Å². The Balaban J connectivity index is 1.70. The molecular weight excluding hydrogens is 352 g/mol. The summed E-state index contributed by atoms with van der Waals surface area (Å²) >= 11 is 0. The smallest absolute Gasteiger partial charge is 0.257 e. The molecule has 2 aromatic carbocycles. The average molecular weight is 376 g/mol. The number of nitrogens with one attached hydrogen (secondary N) is 1. The minimum Gasteiger partial charge on any atom is -0.494 e. The number of pyridine rings is 1. The van der Waals surface area contributed by atoms with E-state index in [1.165, 1.54) is 5.56 Å². The molecular formula is C23H24N2O3. The first-order chi connectivity index (χ1) is 13.6. The molecule has 1 N–H and O–H groups in total. The number of rotatable bonds is 4. The Morgan fingerprint density at radius 2 is 2.07 bits per heavy atom. The van der Waals surface area contributed by atoms with E-state index in [0.29, 0.717) is 17.7 Å². The van der Waals surface area contributed by atoms with Gasteiger partial charge >= 0.3 is 0 Å². The number of hydrogen-bond donors (Lipinski definition) is 1. The molecule has 1 aliphatic rings. The highest BCUT2D eigenvalue weighted by Gasteiger charge is 2.23. The highest BCUT2D eigenvalue weighted by molar-refractivity contribution is 5.97. The third-order valence-corrected chi connectivity index (χ3v) is 5.39. The SMILES string of the molecule is CCOc1ccc2c(c1)c(=O)c(C(=O)NC1CCCc3ccccc31)cn2C. The van der Waals surface area contributed by atoms with Gasteiger partial charge in [0.1, 0.15) is 11.3 Å². The number of aromatic nitrogens is 1. The van der Waals surface area contributed by atoms with Crippen LogP contribution in [0.4, 0.5) is 0 Å². The van der Waals surface area contributed by atoms with E-state index in [0.717, 1.165) is 30.3 Å². The molecule has 1 amide bonds. The lowest BCUT2D eigenvalue weighted by Gasteiger charge is -2.26. The van der Waals surface area contributed by atoms with Gasteiger partial charge in [0.15, 0.2) is 0 Å². The van der Waals surface area contributed by atoms with Gasteiger partial charge in [0.25, 0.3) is 5.91 Å². The largest absolute Gasteiger partial charge is 0.494 e. The molecule has 28 heavy (non-hydrogen) atoms. The van der Waals surface area contributed by atoms with E-state index in [1.807, 2.05) is 42.8 Å². The molecule has 0 bridgehead atoms. The maximum absolute atomic E-state index is 13.0. The number of nitrogens with zero attached hydrogens (tertiary/aromatic N) is 1. The average Bonchev–Trinajstić information content (AvgIpc) is 2.71. The van der Waals surface area contributed by atoms with E-state index >= 15 is 0 Å². The van der Waals surface area contributed by atoms with E-state index in [2.05, 4.69) is 17.4 Å². The van der Waals surface area contributed by atoms with Crippen molar-refractivity contribution in [3.05, 3.63) is 75.6 Å². The van der Waals surface area contributed by atoms with E-state index in [4.69, 9.17) is 4.74 Å². The topological polar surface area (TPSA) is 60.3 Å². The van der Waals surface area contributed by atoms with Crippen LogP contribution in [0.15, 0.2) is 53.5 Å². The Labute approximate surface area is 163 Å². The number of hydrogen-bond acceptors (Lipinski definition) is 3. The van der Waals surface area contributed by atoms with Crippen molar-refractivity contribution in [2.24, 2.45) is 7.05 Å². The molecule has 5 nitrogen and oxygen atoms in total. The lowest BCUT2D eigenvalue weighted by molar-refractivity contribution is 0.0931. The van der Waals surface area contributed by atoms with Crippen molar-refractivity contribution in [3.8, 4) is 5.75 Å². The van der Waals surface area contributed by atoms with Crippen LogP contribution >= 0.6 is 0 Å². The van der Waals surface area contributed by atoms with Gasteiger partial charge in [0.2, 0.25) is 5.43 Å². The number of carbonyl (C=O) groups is 1. The zero-order valence-corrected chi connectivity index (χ0v) is 16.2. The van der Waals surface area contributed by atoms with Crippen molar-refractivity contribution >= 4 is 16.8 Å². The van der Waals surface area contributed by atoms with Crippen molar-refractivity contribution < 1.29 is 9.53 Å². The minimum atomic E-state index is -0.328. The molecule has 1 heterocycles. The van der Waals surface area contributed by atoms with Crippen molar-refractivity contribution in [1.82, 2.24) is 9.88 Å². The fourth-order valence-electron chi connectivity index (χ4n) is 4.03. The van der Waals surface area contributed by atoms with Crippen molar-refractivity contribution in [2.45, 2.75) is 32.2 Å². The Morgan fingerprint density at radius 3 is 2.89 bits per heavy atom. The summed E-state index contributed by atoms with van der Waals surface area (Å²) in [4.78, 5) is 26.0. The van der Waals surface area contributed by atoms with Gasteiger partial charge in [-0.05, 0) is 55.5 Å². The van der Waals surface area contributed by atoms with Gasteiger partial charge in [-0.2, -0.15) is 0 Å². The highest BCUT2D eigenvalue weighted by Crippen LogP contribution is 2.29.